The lowest BCUT2D eigenvalue weighted by Gasteiger charge is -2.29. The summed E-state index contributed by atoms with van der Waals surface area (Å²) in [6.45, 7) is 5.85. The number of quaternary nitrogens is 1. The van der Waals surface area contributed by atoms with Crippen LogP contribution < -0.4 is 10.2 Å². The van der Waals surface area contributed by atoms with Crippen LogP contribution in [0.5, 0.6) is 0 Å². The molecule has 2 N–H and O–H groups in total. The molecule has 104 valence electrons. The highest BCUT2D eigenvalue weighted by Gasteiger charge is 2.24. The first-order valence-corrected chi connectivity index (χ1v) is 7.34. The van der Waals surface area contributed by atoms with E-state index in [4.69, 9.17) is 11.6 Å². The van der Waals surface area contributed by atoms with E-state index >= 15 is 0 Å². The second-order valence-corrected chi connectivity index (χ2v) is 5.93. The van der Waals surface area contributed by atoms with Gasteiger partial charge in [-0.25, -0.2) is 0 Å². The smallest absolute Gasteiger partial charge is 0.279 e. The van der Waals surface area contributed by atoms with E-state index in [9.17, 15) is 4.79 Å². The predicted octanol–water partition coefficient (Wildman–Crippen LogP) is 2.04. The number of amides is 1. The number of likely N-dealkylation sites (tertiary alicyclic amines) is 1. The van der Waals surface area contributed by atoms with Crippen molar-refractivity contribution in [3.05, 3.63) is 28.8 Å². The van der Waals surface area contributed by atoms with Gasteiger partial charge in [0.05, 0.1) is 12.6 Å². The molecule has 0 saturated carbocycles. The number of aryl methyl sites for hydroxylation is 1. The summed E-state index contributed by atoms with van der Waals surface area (Å²) < 4.78 is 0. The number of benzene rings is 1. The highest BCUT2D eigenvalue weighted by atomic mass is 35.5. The second-order valence-electron chi connectivity index (χ2n) is 5.49. The molecule has 4 heteroatoms. The first-order valence-electron chi connectivity index (χ1n) is 6.97. The van der Waals surface area contributed by atoms with Gasteiger partial charge in [0.15, 0.2) is 6.54 Å². The van der Waals surface area contributed by atoms with E-state index in [-0.39, 0.29) is 5.91 Å². The van der Waals surface area contributed by atoms with Crippen molar-refractivity contribution in [3.8, 4) is 0 Å². The highest BCUT2D eigenvalue weighted by molar-refractivity contribution is 6.31. The molecule has 1 fully saturated rings. The van der Waals surface area contributed by atoms with Crippen LogP contribution in [0.15, 0.2) is 18.2 Å². The number of rotatable bonds is 3. The van der Waals surface area contributed by atoms with Crippen molar-refractivity contribution in [2.75, 3.05) is 18.4 Å². The summed E-state index contributed by atoms with van der Waals surface area (Å²) >= 11 is 5.96. The lowest BCUT2D eigenvalue weighted by Crippen LogP contribution is -3.17. The third-order valence-corrected chi connectivity index (χ3v) is 4.18. The molecular weight excluding hydrogens is 260 g/mol. The summed E-state index contributed by atoms with van der Waals surface area (Å²) in [6, 6.07) is 6.16. The molecule has 3 nitrogen and oxygen atoms in total. The van der Waals surface area contributed by atoms with Crippen LogP contribution in [-0.4, -0.2) is 25.0 Å². The lowest BCUT2D eigenvalue weighted by molar-refractivity contribution is -0.920. The van der Waals surface area contributed by atoms with E-state index in [0.717, 1.165) is 17.8 Å². The molecule has 1 aromatic rings. The Morgan fingerprint density at radius 1 is 1.47 bits per heavy atom. The van der Waals surface area contributed by atoms with Crippen LogP contribution in [0.2, 0.25) is 5.02 Å². The zero-order chi connectivity index (χ0) is 13.8. The molecule has 2 rings (SSSR count). The molecule has 19 heavy (non-hydrogen) atoms. The van der Waals surface area contributed by atoms with E-state index in [1.54, 1.807) is 0 Å². The average Bonchev–Trinajstić information content (AvgIpc) is 2.37. The zero-order valence-corrected chi connectivity index (χ0v) is 12.4. The van der Waals surface area contributed by atoms with Crippen LogP contribution in [-0.2, 0) is 4.79 Å². The van der Waals surface area contributed by atoms with Crippen LogP contribution in [0.4, 0.5) is 5.69 Å². The summed E-state index contributed by atoms with van der Waals surface area (Å²) in [6.07, 6.45) is 3.74. The first kappa shape index (κ1) is 14.4. The van der Waals surface area contributed by atoms with Gasteiger partial charge < -0.3 is 10.2 Å². The van der Waals surface area contributed by atoms with Gasteiger partial charge in [-0.15, -0.1) is 0 Å². The number of anilines is 1. The molecule has 1 amide bonds. The molecule has 0 radical (unpaired) electrons. The molecule has 1 aromatic carbocycles. The van der Waals surface area contributed by atoms with Crippen LogP contribution in [0, 0.1) is 6.92 Å². The van der Waals surface area contributed by atoms with Gasteiger partial charge in [-0.1, -0.05) is 17.7 Å². The minimum atomic E-state index is 0.0779. The minimum absolute atomic E-state index is 0.0779. The number of halogens is 1. The molecule has 1 aliphatic rings. The first-order chi connectivity index (χ1) is 9.06. The van der Waals surface area contributed by atoms with Crippen LogP contribution in [0.3, 0.4) is 0 Å². The maximum absolute atomic E-state index is 12.1. The third-order valence-electron chi connectivity index (χ3n) is 3.94. The molecule has 0 aromatic heterocycles. The molecule has 0 spiro atoms. The topological polar surface area (TPSA) is 33.5 Å². The maximum atomic E-state index is 12.1. The van der Waals surface area contributed by atoms with E-state index in [0.29, 0.717) is 17.6 Å². The lowest BCUT2D eigenvalue weighted by atomic mass is 10.0. The van der Waals surface area contributed by atoms with Gasteiger partial charge in [0.2, 0.25) is 0 Å². The second kappa shape index (κ2) is 6.40. The Bertz CT molecular complexity index is 461. The van der Waals surface area contributed by atoms with Gasteiger partial charge in [-0.3, -0.25) is 4.79 Å². The largest absolute Gasteiger partial charge is 0.325 e. The maximum Gasteiger partial charge on any atom is 0.279 e. The number of piperidine rings is 1. The third kappa shape index (κ3) is 3.95. The van der Waals surface area contributed by atoms with Crippen LogP contribution in [0.1, 0.15) is 31.7 Å². The van der Waals surface area contributed by atoms with E-state index in [1.807, 2.05) is 25.1 Å². The summed E-state index contributed by atoms with van der Waals surface area (Å²) in [5.74, 6) is 0.0779. The van der Waals surface area contributed by atoms with Crippen molar-refractivity contribution in [2.45, 2.75) is 39.2 Å². The van der Waals surface area contributed by atoms with Gasteiger partial charge in [0.1, 0.15) is 0 Å². The Hall–Kier alpha value is -1.06. The Morgan fingerprint density at radius 3 is 3.00 bits per heavy atom. The normalized spacial score (nSPS) is 23.1. The molecule has 2 atom stereocenters. The number of nitrogens with one attached hydrogen (secondary N) is 2. The Labute approximate surface area is 119 Å². The molecule has 1 unspecified atom stereocenters. The average molecular weight is 282 g/mol. The van der Waals surface area contributed by atoms with E-state index in [2.05, 4.69) is 12.2 Å². The summed E-state index contributed by atoms with van der Waals surface area (Å²) in [5.41, 5.74) is 1.86. The van der Waals surface area contributed by atoms with Crippen molar-refractivity contribution in [1.29, 1.82) is 0 Å². The zero-order valence-electron chi connectivity index (χ0n) is 11.6. The van der Waals surface area contributed by atoms with Crippen molar-refractivity contribution in [3.63, 3.8) is 0 Å². The van der Waals surface area contributed by atoms with E-state index in [1.165, 1.54) is 24.2 Å². The molecule has 0 bridgehead atoms. The Kier molecular flexibility index (Phi) is 4.83. The molecule has 1 aliphatic heterocycles. The quantitative estimate of drug-likeness (QED) is 0.873. The van der Waals surface area contributed by atoms with Gasteiger partial charge in [-0.05, 0) is 50.8 Å². The molecule has 0 aliphatic carbocycles. The van der Waals surface area contributed by atoms with Crippen molar-refractivity contribution in [2.24, 2.45) is 0 Å². The fourth-order valence-electron chi connectivity index (χ4n) is 2.65. The molecule has 1 heterocycles. The van der Waals surface area contributed by atoms with E-state index < -0.39 is 0 Å². The SMILES string of the molecule is Cc1ccc(Cl)cc1NC(=O)C[NH+]1CCCC[C@@H]1C. The molecule has 1 saturated heterocycles. The Morgan fingerprint density at radius 2 is 2.26 bits per heavy atom. The fourth-order valence-corrected chi connectivity index (χ4v) is 2.82. The molecular formula is C15H22ClN2O+. The summed E-state index contributed by atoms with van der Waals surface area (Å²) in [7, 11) is 0. The standard InChI is InChI=1S/C15H21ClN2O/c1-11-6-7-13(16)9-14(11)17-15(19)10-18-8-4-3-5-12(18)2/h6-7,9,12H,3-5,8,10H2,1-2H3,(H,17,19)/p+1/t12-/m0/s1. The summed E-state index contributed by atoms with van der Waals surface area (Å²) in [4.78, 5) is 13.5. The predicted molar refractivity (Wildman–Crippen MR) is 78.8 cm³/mol. The number of carbonyl (C=O) groups excluding carboxylic acids is 1. The van der Waals surface area contributed by atoms with Gasteiger partial charge >= 0.3 is 0 Å². The van der Waals surface area contributed by atoms with Crippen molar-refractivity contribution in [1.82, 2.24) is 0 Å². The van der Waals surface area contributed by atoms with Crippen LogP contribution in [0.25, 0.3) is 0 Å². The minimum Gasteiger partial charge on any atom is -0.325 e. The number of carbonyl (C=O) groups is 1. The number of hydrogen-bond acceptors (Lipinski definition) is 1. The van der Waals surface area contributed by atoms with Crippen molar-refractivity contribution >= 4 is 23.2 Å². The number of hydrogen-bond donors (Lipinski definition) is 2. The fraction of sp³-hybridized carbons (Fsp3) is 0.533. The monoisotopic (exact) mass is 281 g/mol. The van der Waals surface area contributed by atoms with Crippen LogP contribution >= 0.6 is 11.6 Å². The van der Waals surface area contributed by atoms with Gasteiger partial charge in [0, 0.05) is 10.7 Å². The Balaban J connectivity index is 1.95. The highest BCUT2D eigenvalue weighted by Crippen LogP contribution is 2.19. The van der Waals surface area contributed by atoms with Crippen molar-refractivity contribution < 1.29 is 9.69 Å². The van der Waals surface area contributed by atoms with Gasteiger partial charge in [-0.2, -0.15) is 0 Å². The van der Waals surface area contributed by atoms with Gasteiger partial charge in [0.25, 0.3) is 5.91 Å². The summed E-state index contributed by atoms with van der Waals surface area (Å²) in [5, 5.41) is 3.63.